The van der Waals surface area contributed by atoms with Gasteiger partial charge in [-0.3, -0.25) is 0 Å². The summed E-state index contributed by atoms with van der Waals surface area (Å²) in [4.78, 5) is 15.1. The van der Waals surface area contributed by atoms with Gasteiger partial charge in [0.1, 0.15) is 0 Å². The monoisotopic (exact) mass is 807 g/mol. The fraction of sp³-hybridized carbons (Fsp3) is 0.0172. The van der Waals surface area contributed by atoms with Crippen molar-refractivity contribution < 1.29 is 9.47 Å². The van der Waals surface area contributed by atoms with E-state index in [0.717, 1.165) is 55.6 Å². The van der Waals surface area contributed by atoms with Crippen LogP contribution in [0.3, 0.4) is 0 Å². The third-order valence-corrected chi connectivity index (χ3v) is 12.3. The molecule has 0 saturated heterocycles. The molecule has 0 bridgehead atoms. The minimum absolute atomic E-state index is 0.553. The average Bonchev–Trinajstić information content (AvgIpc) is 3.68. The van der Waals surface area contributed by atoms with E-state index >= 15 is 0 Å². The highest BCUT2D eigenvalue weighted by molar-refractivity contribution is 5.92. The third-order valence-electron chi connectivity index (χ3n) is 12.3. The van der Waals surface area contributed by atoms with E-state index in [0.29, 0.717) is 40.5 Å². The molecule has 296 valence electrons. The molecule has 0 spiro atoms. The lowest BCUT2D eigenvalue weighted by Gasteiger charge is -2.34. The summed E-state index contributed by atoms with van der Waals surface area (Å²) in [7, 11) is 0. The van der Waals surface area contributed by atoms with Gasteiger partial charge in [0.05, 0.1) is 5.41 Å². The summed E-state index contributed by atoms with van der Waals surface area (Å²) < 4.78 is 13.9. The minimum atomic E-state index is -0.553. The molecule has 12 rings (SSSR count). The number of hydrogen-bond acceptors (Lipinski definition) is 5. The zero-order valence-corrected chi connectivity index (χ0v) is 34.0. The molecule has 9 aromatic carbocycles. The van der Waals surface area contributed by atoms with Crippen molar-refractivity contribution >= 4 is 0 Å². The molecule has 5 heteroatoms. The van der Waals surface area contributed by atoms with Crippen molar-refractivity contribution in [1.82, 2.24) is 15.0 Å². The number of rotatable bonds is 7. The highest BCUT2D eigenvalue weighted by Gasteiger charge is 2.48. The first-order valence-corrected chi connectivity index (χ1v) is 21.2. The first-order valence-electron chi connectivity index (χ1n) is 21.2. The van der Waals surface area contributed by atoms with Crippen molar-refractivity contribution in [1.29, 1.82) is 0 Å². The van der Waals surface area contributed by atoms with Crippen molar-refractivity contribution in [3.05, 3.63) is 247 Å². The number of aromatic nitrogens is 3. The second-order valence-corrected chi connectivity index (χ2v) is 15.9. The fourth-order valence-electron chi connectivity index (χ4n) is 9.43. The van der Waals surface area contributed by atoms with Gasteiger partial charge in [-0.2, -0.15) is 0 Å². The molecule has 0 radical (unpaired) electrons. The fourth-order valence-corrected chi connectivity index (χ4v) is 9.43. The van der Waals surface area contributed by atoms with Gasteiger partial charge in [-0.15, -0.1) is 0 Å². The largest absolute Gasteiger partial charge is 0.449 e. The van der Waals surface area contributed by atoms with Gasteiger partial charge in [-0.25, -0.2) is 15.0 Å². The molecular weight excluding hydrogens is 771 g/mol. The lowest BCUT2D eigenvalue weighted by atomic mass is 9.68. The van der Waals surface area contributed by atoms with Crippen molar-refractivity contribution in [2.24, 2.45) is 0 Å². The van der Waals surface area contributed by atoms with Crippen LogP contribution >= 0.6 is 0 Å². The molecule has 0 saturated carbocycles. The Morgan fingerprint density at radius 3 is 1.48 bits per heavy atom. The molecule has 5 nitrogen and oxygen atoms in total. The Labute approximate surface area is 365 Å². The number of fused-ring (bicyclic) bond motifs is 6. The average molecular weight is 808 g/mol. The SMILES string of the molecule is c1ccc(-c2cccc(-c3nc(-c4ccccc4)nc(-c4ccc(-c5cccc6c5Oc5c(ccc7c5-c5ccccc5C7(c5ccccc5)c5ccccc5)O6)cc4)n3)c2)cc1. The summed E-state index contributed by atoms with van der Waals surface area (Å²) in [6.45, 7) is 0. The summed E-state index contributed by atoms with van der Waals surface area (Å²) in [6.07, 6.45) is 0. The van der Waals surface area contributed by atoms with Crippen LogP contribution in [-0.4, -0.2) is 15.0 Å². The van der Waals surface area contributed by atoms with Gasteiger partial charge in [0.15, 0.2) is 40.5 Å². The summed E-state index contributed by atoms with van der Waals surface area (Å²) in [5, 5.41) is 0. The Kier molecular flexibility index (Phi) is 8.64. The molecule has 0 amide bonds. The van der Waals surface area contributed by atoms with Crippen LogP contribution in [-0.2, 0) is 5.41 Å². The summed E-state index contributed by atoms with van der Waals surface area (Å²) in [5.41, 5.74) is 13.2. The van der Waals surface area contributed by atoms with Crippen LogP contribution in [0.1, 0.15) is 22.3 Å². The Balaban J connectivity index is 0.945. The molecule has 0 unspecified atom stereocenters. The van der Waals surface area contributed by atoms with Crippen molar-refractivity contribution in [3.8, 4) is 90.5 Å². The van der Waals surface area contributed by atoms with Crippen molar-refractivity contribution in [3.63, 3.8) is 0 Å². The Morgan fingerprint density at radius 2 is 0.794 bits per heavy atom. The molecule has 0 atom stereocenters. The van der Waals surface area contributed by atoms with Crippen LogP contribution in [0.25, 0.3) is 67.5 Å². The minimum Gasteiger partial charge on any atom is -0.449 e. The van der Waals surface area contributed by atoms with Gasteiger partial charge in [0, 0.05) is 27.8 Å². The van der Waals surface area contributed by atoms with Crippen LogP contribution in [0.15, 0.2) is 224 Å². The van der Waals surface area contributed by atoms with E-state index in [1.807, 2.05) is 48.5 Å². The number of ether oxygens (including phenoxy) is 2. The number of benzene rings is 9. The summed E-state index contributed by atoms with van der Waals surface area (Å²) >= 11 is 0. The maximum Gasteiger partial charge on any atom is 0.178 e. The summed E-state index contributed by atoms with van der Waals surface area (Å²) in [5.74, 6) is 4.56. The van der Waals surface area contributed by atoms with E-state index in [9.17, 15) is 0 Å². The molecular formula is C58H37N3O2. The molecule has 1 aromatic heterocycles. The van der Waals surface area contributed by atoms with E-state index in [4.69, 9.17) is 24.4 Å². The molecule has 10 aromatic rings. The quantitative estimate of drug-likeness (QED) is 0.161. The topological polar surface area (TPSA) is 57.1 Å². The predicted octanol–water partition coefficient (Wildman–Crippen LogP) is 14.5. The van der Waals surface area contributed by atoms with E-state index in [1.54, 1.807) is 0 Å². The number of nitrogens with zero attached hydrogens (tertiary/aromatic N) is 3. The molecule has 0 N–H and O–H groups in total. The van der Waals surface area contributed by atoms with Gasteiger partial charge in [0.25, 0.3) is 0 Å². The molecule has 63 heavy (non-hydrogen) atoms. The normalized spacial score (nSPS) is 12.8. The molecule has 1 aliphatic carbocycles. The lowest BCUT2D eigenvalue weighted by Crippen LogP contribution is -2.28. The standard InChI is InChI=1S/C58H37N3O2/c1-5-17-38(18-6-1)42-21-15-22-43(37-42)57-60-55(40-19-7-2-8-20-40)59-56(61-57)41-33-31-39(32-34-41)46-28-16-30-50-53(46)63-54-51(62-50)36-35-49-52(54)47-27-13-14-29-48(47)58(49,44-23-9-3-10-24-44)45-25-11-4-12-26-45/h1-37H. The van der Waals surface area contributed by atoms with E-state index in [1.165, 1.54) is 16.7 Å². The zero-order valence-electron chi connectivity index (χ0n) is 34.0. The molecule has 0 fully saturated rings. The summed E-state index contributed by atoms with van der Waals surface area (Å²) in [6, 6.07) is 77.8. The first kappa shape index (κ1) is 36.4. The smallest absolute Gasteiger partial charge is 0.178 e. The highest BCUT2D eigenvalue weighted by Crippen LogP contribution is 2.62. The number of para-hydroxylation sites is 1. The number of hydrogen-bond donors (Lipinski definition) is 0. The maximum absolute atomic E-state index is 7.16. The van der Waals surface area contributed by atoms with Crippen molar-refractivity contribution in [2.45, 2.75) is 5.41 Å². The molecule has 1 aliphatic heterocycles. The molecule has 2 heterocycles. The third kappa shape index (κ3) is 6.05. The van der Waals surface area contributed by atoms with Crippen LogP contribution in [0.2, 0.25) is 0 Å². The maximum atomic E-state index is 7.16. The van der Waals surface area contributed by atoms with Gasteiger partial charge >= 0.3 is 0 Å². The van der Waals surface area contributed by atoms with Gasteiger partial charge in [-0.05, 0) is 62.7 Å². The van der Waals surface area contributed by atoms with Gasteiger partial charge in [0.2, 0.25) is 0 Å². The van der Waals surface area contributed by atoms with Gasteiger partial charge in [-0.1, -0.05) is 206 Å². The van der Waals surface area contributed by atoms with Gasteiger partial charge < -0.3 is 9.47 Å². The van der Waals surface area contributed by atoms with Crippen LogP contribution in [0.5, 0.6) is 23.0 Å². The Bertz CT molecular complexity index is 3280. The highest BCUT2D eigenvalue weighted by atomic mass is 16.6. The first-order chi connectivity index (χ1) is 31.2. The van der Waals surface area contributed by atoms with Crippen LogP contribution in [0, 0.1) is 0 Å². The zero-order chi connectivity index (χ0) is 41.7. The predicted molar refractivity (Wildman–Crippen MR) is 251 cm³/mol. The molecule has 2 aliphatic rings. The van der Waals surface area contributed by atoms with E-state index in [2.05, 4.69) is 176 Å². The second-order valence-electron chi connectivity index (χ2n) is 15.9. The Hall–Kier alpha value is -8.41. The lowest BCUT2D eigenvalue weighted by molar-refractivity contribution is 0.361. The van der Waals surface area contributed by atoms with E-state index < -0.39 is 5.41 Å². The van der Waals surface area contributed by atoms with E-state index in [-0.39, 0.29) is 0 Å². The van der Waals surface area contributed by atoms with Crippen LogP contribution < -0.4 is 9.47 Å². The van der Waals surface area contributed by atoms with Crippen LogP contribution in [0.4, 0.5) is 0 Å². The van der Waals surface area contributed by atoms with Crippen molar-refractivity contribution in [2.75, 3.05) is 0 Å². The second kappa shape index (κ2) is 14.9. The Morgan fingerprint density at radius 1 is 0.302 bits per heavy atom.